The monoisotopic (exact) mass is 281 g/mol. The Morgan fingerprint density at radius 3 is 2.53 bits per heavy atom. The largest absolute Gasteiger partial charge is 0.342 e. The SMILES string of the molecule is CCCCN(CCCl)C(=O)CCCc1ccccc1. The normalized spacial score (nSPS) is 10.4. The van der Waals surface area contributed by atoms with E-state index in [9.17, 15) is 4.79 Å². The fourth-order valence-corrected chi connectivity index (χ4v) is 2.26. The number of amides is 1. The molecule has 0 aliphatic carbocycles. The first kappa shape index (κ1) is 16.0. The fourth-order valence-electron chi connectivity index (χ4n) is 2.06. The summed E-state index contributed by atoms with van der Waals surface area (Å²) in [4.78, 5) is 14.0. The van der Waals surface area contributed by atoms with Crippen LogP contribution in [0.5, 0.6) is 0 Å². The number of carbonyl (C=O) groups is 1. The minimum absolute atomic E-state index is 0.241. The van der Waals surface area contributed by atoms with E-state index in [1.165, 1.54) is 5.56 Å². The Morgan fingerprint density at radius 2 is 1.89 bits per heavy atom. The van der Waals surface area contributed by atoms with Crippen molar-refractivity contribution in [2.24, 2.45) is 0 Å². The van der Waals surface area contributed by atoms with Crippen LogP contribution in [0.1, 0.15) is 38.2 Å². The molecule has 1 aromatic carbocycles. The zero-order valence-electron chi connectivity index (χ0n) is 11.8. The van der Waals surface area contributed by atoms with Crippen LogP contribution in [0.2, 0.25) is 0 Å². The molecule has 0 fully saturated rings. The minimum atomic E-state index is 0.241. The molecule has 0 unspecified atom stereocenters. The number of nitrogens with zero attached hydrogens (tertiary/aromatic N) is 1. The van der Waals surface area contributed by atoms with E-state index in [0.29, 0.717) is 18.8 Å². The average Bonchev–Trinajstić information content (AvgIpc) is 2.44. The van der Waals surface area contributed by atoms with Crippen LogP contribution in [0.3, 0.4) is 0 Å². The number of unbranched alkanes of at least 4 members (excludes halogenated alkanes) is 1. The van der Waals surface area contributed by atoms with Crippen LogP contribution in [-0.4, -0.2) is 29.8 Å². The highest BCUT2D eigenvalue weighted by atomic mass is 35.5. The lowest BCUT2D eigenvalue weighted by atomic mass is 10.1. The summed E-state index contributed by atoms with van der Waals surface area (Å²) < 4.78 is 0. The van der Waals surface area contributed by atoms with E-state index in [4.69, 9.17) is 11.6 Å². The highest BCUT2D eigenvalue weighted by Gasteiger charge is 2.11. The van der Waals surface area contributed by atoms with Gasteiger partial charge in [-0.15, -0.1) is 11.6 Å². The summed E-state index contributed by atoms with van der Waals surface area (Å²) in [6.45, 7) is 3.65. The number of aryl methyl sites for hydroxylation is 1. The van der Waals surface area contributed by atoms with Gasteiger partial charge >= 0.3 is 0 Å². The molecule has 0 saturated carbocycles. The Labute approximate surface area is 121 Å². The molecule has 1 aromatic rings. The van der Waals surface area contributed by atoms with Gasteiger partial charge in [-0.2, -0.15) is 0 Å². The number of halogens is 1. The van der Waals surface area contributed by atoms with E-state index in [2.05, 4.69) is 19.1 Å². The summed E-state index contributed by atoms with van der Waals surface area (Å²) in [6.07, 6.45) is 4.66. The van der Waals surface area contributed by atoms with Crippen molar-refractivity contribution in [3.63, 3.8) is 0 Å². The number of carbonyl (C=O) groups excluding carboxylic acids is 1. The third-order valence-electron chi connectivity index (χ3n) is 3.19. The van der Waals surface area contributed by atoms with E-state index in [1.807, 2.05) is 23.1 Å². The van der Waals surface area contributed by atoms with E-state index in [-0.39, 0.29) is 5.91 Å². The summed E-state index contributed by atoms with van der Waals surface area (Å²) in [5.41, 5.74) is 1.30. The van der Waals surface area contributed by atoms with E-state index < -0.39 is 0 Å². The standard InChI is InChI=1S/C16H24ClNO/c1-2-3-13-18(14-12-17)16(19)11-7-10-15-8-5-4-6-9-15/h4-6,8-9H,2-3,7,10-14H2,1H3. The minimum Gasteiger partial charge on any atom is -0.342 e. The number of rotatable bonds is 9. The molecule has 0 spiro atoms. The highest BCUT2D eigenvalue weighted by Crippen LogP contribution is 2.07. The zero-order chi connectivity index (χ0) is 13.9. The average molecular weight is 282 g/mol. The predicted molar refractivity (Wildman–Crippen MR) is 81.6 cm³/mol. The predicted octanol–water partition coefficient (Wildman–Crippen LogP) is 3.88. The molecule has 1 rings (SSSR count). The van der Waals surface area contributed by atoms with Crippen molar-refractivity contribution in [2.45, 2.75) is 39.0 Å². The summed E-state index contributed by atoms with van der Waals surface area (Å²) >= 11 is 5.76. The molecule has 0 aromatic heterocycles. The smallest absolute Gasteiger partial charge is 0.222 e. The van der Waals surface area contributed by atoms with Crippen LogP contribution >= 0.6 is 11.6 Å². The van der Waals surface area contributed by atoms with Gasteiger partial charge in [0, 0.05) is 25.4 Å². The van der Waals surface area contributed by atoms with Gasteiger partial charge in [-0.3, -0.25) is 4.79 Å². The Bertz CT molecular complexity index is 353. The molecular weight excluding hydrogens is 258 g/mol. The van der Waals surface area contributed by atoms with Crippen molar-refractivity contribution < 1.29 is 4.79 Å². The molecule has 0 heterocycles. The summed E-state index contributed by atoms with van der Waals surface area (Å²) in [6, 6.07) is 10.3. The second-order valence-corrected chi connectivity index (χ2v) is 5.14. The summed E-state index contributed by atoms with van der Waals surface area (Å²) in [5, 5.41) is 0. The van der Waals surface area contributed by atoms with Crippen LogP contribution in [0.25, 0.3) is 0 Å². The molecule has 0 bridgehead atoms. The van der Waals surface area contributed by atoms with Crippen LogP contribution in [-0.2, 0) is 11.2 Å². The first-order chi connectivity index (χ1) is 9.27. The number of hydrogen-bond donors (Lipinski definition) is 0. The van der Waals surface area contributed by atoms with Crippen molar-refractivity contribution in [3.05, 3.63) is 35.9 Å². The maximum absolute atomic E-state index is 12.1. The third kappa shape index (κ3) is 6.63. The lowest BCUT2D eigenvalue weighted by Crippen LogP contribution is -2.33. The molecule has 3 heteroatoms. The molecule has 106 valence electrons. The van der Waals surface area contributed by atoms with Crippen molar-refractivity contribution in [2.75, 3.05) is 19.0 Å². The fraction of sp³-hybridized carbons (Fsp3) is 0.562. The second kappa shape index (κ2) is 9.85. The molecule has 2 nitrogen and oxygen atoms in total. The highest BCUT2D eigenvalue weighted by molar-refractivity contribution is 6.18. The van der Waals surface area contributed by atoms with Crippen molar-refractivity contribution in [1.82, 2.24) is 4.90 Å². The molecule has 0 aliphatic rings. The Morgan fingerprint density at radius 1 is 1.16 bits per heavy atom. The second-order valence-electron chi connectivity index (χ2n) is 4.76. The van der Waals surface area contributed by atoms with Gasteiger partial charge in [0.25, 0.3) is 0 Å². The molecule has 0 saturated heterocycles. The van der Waals surface area contributed by atoms with Gasteiger partial charge in [-0.25, -0.2) is 0 Å². The van der Waals surface area contributed by atoms with Crippen molar-refractivity contribution in [1.29, 1.82) is 0 Å². The maximum Gasteiger partial charge on any atom is 0.222 e. The molecule has 0 N–H and O–H groups in total. The quantitative estimate of drug-likeness (QED) is 0.629. The first-order valence-electron chi connectivity index (χ1n) is 7.15. The van der Waals surface area contributed by atoms with Gasteiger partial charge in [-0.1, -0.05) is 43.7 Å². The number of hydrogen-bond acceptors (Lipinski definition) is 1. The van der Waals surface area contributed by atoms with Crippen molar-refractivity contribution >= 4 is 17.5 Å². The van der Waals surface area contributed by atoms with Crippen LogP contribution in [0.15, 0.2) is 30.3 Å². The van der Waals surface area contributed by atoms with Gasteiger partial charge in [0.05, 0.1) is 0 Å². The van der Waals surface area contributed by atoms with E-state index in [0.717, 1.165) is 32.2 Å². The molecule has 0 atom stereocenters. The van der Waals surface area contributed by atoms with Gasteiger partial charge < -0.3 is 4.90 Å². The van der Waals surface area contributed by atoms with Gasteiger partial charge in [-0.05, 0) is 24.8 Å². The first-order valence-corrected chi connectivity index (χ1v) is 7.69. The lowest BCUT2D eigenvalue weighted by Gasteiger charge is -2.21. The zero-order valence-corrected chi connectivity index (χ0v) is 12.5. The number of benzene rings is 1. The van der Waals surface area contributed by atoms with Gasteiger partial charge in [0.15, 0.2) is 0 Å². The van der Waals surface area contributed by atoms with Gasteiger partial charge in [0.1, 0.15) is 0 Å². The summed E-state index contributed by atoms with van der Waals surface area (Å²) in [5.74, 6) is 0.763. The lowest BCUT2D eigenvalue weighted by molar-refractivity contribution is -0.131. The molecule has 19 heavy (non-hydrogen) atoms. The van der Waals surface area contributed by atoms with Gasteiger partial charge in [0.2, 0.25) is 5.91 Å². The number of alkyl halides is 1. The molecule has 0 aliphatic heterocycles. The Hall–Kier alpha value is -1.02. The third-order valence-corrected chi connectivity index (χ3v) is 3.36. The van der Waals surface area contributed by atoms with E-state index in [1.54, 1.807) is 0 Å². The van der Waals surface area contributed by atoms with E-state index >= 15 is 0 Å². The van der Waals surface area contributed by atoms with Crippen LogP contribution < -0.4 is 0 Å². The van der Waals surface area contributed by atoms with Crippen molar-refractivity contribution in [3.8, 4) is 0 Å². The topological polar surface area (TPSA) is 20.3 Å². The van der Waals surface area contributed by atoms with Crippen LogP contribution in [0.4, 0.5) is 0 Å². The van der Waals surface area contributed by atoms with Crippen LogP contribution in [0, 0.1) is 0 Å². The Balaban J connectivity index is 2.31. The molecule has 0 radical (unpaired) electrons. The summed E-state index contributed by atoms with van der Waals surface area (Å²) in [7, 11) is 0. The maximum atomic E-state index is 12.1. The molecular formula is C16H24ClNO. The molecule has 1 amide bonds. The Kier molecular flexibility index (Phi) is 8.31.